The molecule has 0 aromatic carbocycles. The molecule has 0 aliphatic carbocycles. The van der Waals surface area contributed by atoms with E-state index in [9.17, 15) is 8.42 Å². The first-order chi connectivity index (χ1) is 8.50. The maximum Gasteiger partial charge on any atom is 0.225 e. The highest BCUT2D eigenvalue weighted by Crippen LogP contribution is 2.12. The molecule has 1 saturated heterocycles. The molecule has 1 aliphatic rings. The molecule has 1 aliphatic heterocycles. The van der Waals surface area contributed by atoms with E-state index in [-0.39, 0.29) is 6.61 Å². The van der Waals surface area contributed by atoms with Gasteiger partial charge in [0, 0.05) is 44.1 Å². The van der Waals surface area contributed by atoms with Crippen LogP contribution < -0.4 is 4.90 Å². The summed E-state index contributed by atoms with van der Waals surface area (Å²) in [5, 5.41) is 8.90. The van der Waals surface area contributed by atoms with Crippen LogP contribution in [0.2, 0.25) is 0 Å². The second kappa shape index (κ2) is 5.17. The zero-order valence-corrected chi connectivity index (χ0v) is 11.0. The van der Waals surface area contributed by atoms with E-state index in [1.54, 1.807) is 12.4 Å². The number of hydrogen-bond acceptors (Lipinski definition) is 6. The first-order valence-corrected chi connectivity index (χ1v) is 7.47. The van der Waals surface area contributed by atoms with Gasteiger partial charge in [0.05, 0.1) is 12.9 Å². The maximum absolute atomic E-state index is 11.4. The molecule has 100 valence electrons. The van der Waals surface area contributed by atoms with Crippen molar-refractivity contribution in [2.75, 3.05) is 37.3 Å². The van der Waals surface area contributed by atoms with E-state index in [0.29, 0.717) is 37.7 Å². The van der Waals surface area contributed by atoms with Crippen LogP contribution in [0.5, 0.6) is 0 Å². The van der Waals surface area contributed by atoms with Crippen LogP contribution >= 0.6 is 0 Å². The largest absolute Gasteiger partial charge is 0.392 e. The summed E-state index contributed by atoms with van der Waals surface area (Å²) in [6, 6.07) is 0. The Morgan fingerprint density at radius 2 is 1.78 bits per heavy atom. The van der Waals surface area contributed by atoms with Crippen LogP contribution in [-0.2, 0) is 16.6 Å². The first-order valence-electron chi connectivity index (χ1n) is 5.62. The van der Waals surface area contributed by atoms with Crippen molar-refractivity contribution in [2.45, 2.75) is 6.61 Å². The number of aromatic nitrogens is 2. The summed E-state index contributed by atoms with van der Waals surface area (Å²) in [4.78, 5) is 10.2. The Kier molecular flexibility index (Phi) is 3.79. The minimum Gasteiger partial charge on any atom is -0.392 e. The topological polar surface area (TPSA) is 86.6 Å². The van der Waals surface area contributed by atoms with Crippen molar-refractivity contribution in [2.24, 2.45) is 0 Å². The summed E-state index contributed by atoms with van der Waals surface area (Å²) in [5.41, 5.74) is 0.661. The van der Waals surface area contributed by atoms with Crippen molar-refractivity contribution in [1.29, 1.82) is 0 Å². The zero-order chi connectivity index (χ0) is 13.2. The van der Waals surface area contributed by atoms with E-state index in [1.807, 2.05) is 4.90 Å². The molecule has 0 bridgehead atoms. The Bertz CT molecular complexity index is 494. The molecule has 2 heterocycles. The van der Waals surface area contributed by atoms with Gasteiger partial charge >= 0.3 is 0 Å². The van der Waals surface area contributed by atoms with E-state index in [2.05, 4.69) is 9.97 Å². The van der Waals surface area contributed by atoms with Crippen molar-refractivity contribution in [1.82, 2.24) is 14.3 Å². The van der Waals surface area contributed by atoms with E-state index in [1.165, 1.54) is 10.6 Å². The molecule has 0 amide bonds. The third-order valence-corrected chi connectivity index (χ3v) is 4.17. The lowest BCUT2D eigenvalue weighted by atomic mass is 10.3. The van der Waals surface area contributed by atoms with Gasteiger partial charge < -0.3 is 10.0 Å². The van der Waals surface area contributed by atoms with Gasteiger partial charge in [-0.3, -0.25) is 0 Å². The lowest BCUT2D eigenvalue weighted by Gasteiger charge is -2.33. The maximum atomic E-state index is 11.4. The molecule has 0 unspecified atom stereocenters. The fourth-order valence-electron chi connectivity index (χ4n) is 1.81. The van der Waals surface area contributed by atoms with Crippen molar-refractivity contribution < 1.29 is 13.5 Å². The van der Waals surface area contributed by atoms with E-state index >= 15 is 0 Å². The minimum atomic E-state index is -3.11. The zero-order valence-electron chi connectivity index (χ0n) is 10.2. The molecule has 2 rings (SSSR count). The molecule has 7 nitrogen and oxygen atoms in total. The van der Waals surface area contributed by atoms with Gasteiger partial charge in [-0.2, -0.15) is 4.31 Å². The fourth-order valence-corrected chi connectivity index (χ4v) is 2.64. The smallest absolute Gasteiger partial charge is 0.225 e. The van der Waals surface area contributed by atoms with E-state index in [4.69, 9.17) is 5.11 Å². The Morgan fingerprint density at radius 1 is 1.22 bits per heavy atom. The Morgan fingerprint density at radius 3 is 2.22 bits per heavy atom. The highest BCUT2D eigenvalue weighted by molar-refractivity contribution is 7.88. The number of hydrogen-bond donors (Lipinski definition) is 1. The molecule has 0 saturated carbocycles. The summed E-state index contributed by atoms with van der Waals surface area (Å²) in [5.74, 6) is 0.570. The second-order valence-electron chi connectivity index (χ2n) is 4.20. The normalized spacial score (nSPS) is 18.0. The molecule has 1 N–H and O–H groups in total. The average Bonchev–Trinajstić information content (AvgIpc) is 2.38. The summed E-state index contributed by atoms with van der Waals surface area (Å²) < 4.78 is 24.2. The summed E-state index contributed by atoms with van der Waals surface area (Å²) in [6.07, 6.45) is 4.37. The van der Waals surface area contributed by atoms with Crippen LogP contribution in [-0.4, -0.2) is 60.2 Å². The molecule has 0 radical (unpaired) electrons. The van der Waals surface area contributed by atoms with Crippen molar-refractivity contribution in [3.05, 3.63) is 18.0 Å². The summed E-state index contributed by atoms with van der Waals surface area (Å²) in [6.45, 7) is 1.97. The lowest BCUT2D eigenvalue weighted by Crippen LogP contribution is -2.48. The summed E-state index contributed by atoms with van der Waals surface area (Å²) >= 11 is 0. The van der Waals surface area contributed by atoms with E-state index < -0.39 is 10.0 Å². The van der Waals surface area contributed by atoms with Gasteiger partial charge in [-0.15, -0.1) is 0 Å². The number of aliphatic hydroxyl groups is 1. The molecule has 0 spiro atoms. The number of piperazine rings is 1. The minimum absolute atomic E-state index is 0.0812. The predicted molar refractivity (Wildman–Crippen MR) is 66.6 cm³/mol. The van der Waals surface area contributed by atoms with Gasteiger partial charge in [0.15, 0.2) is 0 Å². The molecule has 8 heteroatoms. The lowest BCUT2D eigenvalue weighted by molar-refractivity contribution is 0.281. The molecular weight excluding hydrogens is 256 g/mol. The van der Waals surface area contributed by atoms with Crippen molar-refractivity contribution in [3.63, 3.8) is 0 Å². The Labute approximate surface area is 106 Å². The van der Waals surface area contributed by atoms with Gasteiger partial charge in [0.25, 0.3) is 0 Å². The second-order valence-corrected chi connectivity index (χ2v) is 6.18. The van der Waals surface area contributed by atoms with E-state index in [0.717, 1.165) is 0 Å². The number of nitrogens with zero attached hydrogens (tertiary/aromatic N) is 4. The Hall–Kier alpha value is -1.25. The molecule has 1 aromatic rings. The van der Waals surface area contributed by atoms with Crippen LogP contribution in [0.3, 0.4) is 0 Å². The Balaban J connectivity index is 2.01. The van der Waals surface area contributed by atoms with Gasteiger partial charge in [-0.25, -0.2) is 18.4 Å². The first kappa shape index (κ1) is 13.2. The third-order valence-electron chi connectivity index (χ3n) is 2.86. The fraction of sp³-hybridized carbons (Fsp3) is 0.600. The number of rotatable bonds is 3. The van der Waals surface area contributed by atoms with Crippen molar-refractivity contribution in [3.8, 4) is 0 Å². The molecule has 0 atom stereocenters. The molecule has 18 heavy (non-hydrogen) atoms. The predicted octanol–water partition coefficient (Wildman–Crippen LogP) is -0.949. The highest BCUT2D eigenvalue weighted by Gasteiger charge is 2.24. The van der Waals surface area contributed by atoms with Crippen LogP contribution in [0.4, 0.5) is 5.95 Å². The SMILES string of the molecule is CS(=O)(=O)N1CCN(c2ncc(CO)cn2)CC1. The van der Waals surface area contributed by atoms with Crippen LogP contribution in [0, 0.1) is 0 Å². The van der Waals surface area contributed by atoms with Crippen LogP contribution in [0.15, 0.2) is 12.4 Å². The molecular formula is C10H16N4O3S. The third kappa shape index (κ3) is 2.95. The summed E-state index contributed by atoms with van der Waals surface area (Å²) in [7, 11) is -3.11. The number of aliphatic hydroxyl groups excluding tert-OH is 1. The van der Waals surface area contributed by atoms with Crippen LogP contribution in [0.1, 0.15) is 5.56 Å². The van der Waals surface area contributed by atoms with Gasteiger partial charge in [0.1, 0.15) is 0 Å². The van der Waals surface area contributed by atoms with Gasteiger partial charge in [-0.05, 0) is 0 Å². The number of anilines is 1. The molecule has 1 aromatic heterocycles. The standard InChI is InChI=1S/C10H16N4O3S/c1-18(16,17)14-4-2-13(3-5-14)10-11-6-9(8-15)7-12-10/h6-7,15H,2-5,8H2,1H3. The average molecular weight is 272 g/mol. The van der Waals surface area contributed by atoms with Crippen LogP contribution in [0.25, 0.3) is 0 Å². The van der Waals surface area contributed by atoms with Gasteiger partial charge in [-0.1, -0.05) is 0 Å². The van der Waals surface area contributed by atoms with Crippen molar-refractivity contribution >= 4 is 16.0 Å². The number of sulfonamides is 1. The monoisotopic (exact) mass is 272 g/mol. The highest BCUT2D eigenvalue weighted by atomic mass is 32.2. The molecule has 1 fully saturated rings. The van der Waals surface area contributed by atoms with Gasteiger partial charge in [0.2, 0.25) is 16.0 Å². The quantitative estimate of drug-likeness (QED) is 0.763.